The molecule has 6 nitrogen and oxygen atoms in total. The van der Waals surface area contributed by atoms with Crippen molar-refractivity contribution in [1.29, 1.82) is 0 Å². The van der Waals surface area contributed by atoms with Gasteiger partial charge in [0.15, 0.2) is 0 Å². The number of nitrogens with one attached hydrogen (secondary N) is 1. The monoisotopic (exact) mass is 438 g/mol. The zero-order valence-electron chi connectivity index (χ0n) is 18.6. The van der Waals surface area contributed by atoms with Gasteiger partial charge in [-0.1, -0.05) is 30.2 Å². The van der Waals surface area contributed by atoms with Crippen molar-refractivity contribution in [3.05, 3.63) is 57.5 Å². The molecule has 0 amide bonds. The number of aromatic nitrogens is 2. The fourth-order valence-corrected chi connectivity index (χ4v) is 5.75. The van der Waals surface area contributed by atoms with Gasteiger partial charge in [0.05, 0.1) is 28.0 Å². The van der Waals surface area contributed by atoms with E-state index in [0.717, 1.165) is 32.4 Å². The zero-order chi connectivity index (χ0) is 22.4. The second kappa shape index (κ2) is 7.92. The number of rotatable bonds is 3. The third kappa shape index (κ3) is 3.83. The fraction of sp³-hybridized carbons (Fsp3) is 0.500. The summed E-state index contributed by atoms with van der Waals surface area (Å²) in [7, 11) is 0.563. The summed E-state index contributed by atoms with van der Waals surface area (Å²) in [5.41, 5.74) is 2.68. The first-order valence-electron chi connectivity index (χ1n) is 10.7. The number of benzene rings is 1. The van der Waals surface area contributed by atoms with E-state index in [-0.39, 0.29) is 27.3 Å². The van der Waals surface area contributed by atoms with Crippen molar-refractivity contribution in [2.24, 2.45) is 12.5 Å². The van der Waals surface area contributed by atoms with Crippen molar-refractivity contribution < 1.29 is 4.21 Å². The lowest BCUT2D eigenvalue weighted by Crippen LogP contribution is -2.48. The Morgan fingerprint density at radius 2 is 1.94 bits per heavy atom. The summed E-state index contributed by atoms with van der Waals surface area (Å²) in [6.45, 7) is 7.56. The molecule has 1 unspecified atom stereocenters. The number of terminal acetylenes is 1. The summed E-state index contributed by atoms with van der Waals surface area (Å²) >= 11 is 0. The van der Waals surface area contributed by atoms with Crippen molar-refractivity contribution >= 4 is 16.9 Å². The predicted octanol–water partition coefficient (Wildman–Crippen LogP) is 2.70. The van der Waals surface area contributed by atoms with E-state index in [1.54, 1.807) is 11.6 Å². The van der Waals surface area contributed by atoms with Gasteiger partial charge in [0, 0.05) is 20.1 Å². The van der Waals surface area contributed by atoms with Crippen LogP contribution in [-0.2, 0) is 24.5 Å². The molecule has 1 spiro atoms. The Balaban J connectivity index is 1.60. The van der Waals surface area contributed by atoms with Crippen LogP contribution in [0.2, 0.25) is 0 Å². The number of piperidine rings is 1. The first kappa shape index (κ1) is 21.8. The first-order valence-corrected chi connectivity index (χ1v) is 11.8. The van der Waals surface area contributed by atoms with Crippen LogP contribution in [0.25, 0.3) is 0 Å². The Morgan fingerprint density at radius 1 is 1.26 bits per heavy atom. The second-order valence-electron chi connectivity index (χ2n) is 9.64. The van der Waals surface area contributed by atoms with Gasteiger partial charge in [0.25, 0.3) is 5.56 Å². The van der Waals surface area contributed by atoms with Gasteiger partial charge in [-0.25, -0.2) is 13.9 Å². The largest absolute Gasteiger partial charge is 0.342 e. The third-order valence-electron chi connectivity index (χ3n) is 6.64. The summed E-state index contributed by atoms with van der Waals surface area (Å²) in [6.07, 6.45) is 9.71. The van der Waals surface area contributed by atoms with Crippen LogP contribution in [0.5, 0.6) is 0 Å². The first-order chi connectivity index (χ1) is 14.7. The highest BCUT2D eigenvalue weighted by Gasteiger charge is 2.49. The summed E-state index contributed by atoms with van der Waals surface area (Å²) < 4.78 is 17.7. The van der Waals surface area contributed by atoms with Gasteiger partial charge in [-0.15, -0.1) is 6.42 Å². The molecule has 1 aromatic heterocycles. The molecule has 1 aliphatic heterocycles. The van der Waals surface area contributed by atoms with Crippen molar-refractivity contribution in [3.8, 4) is 12.3 Å². The molecule has 164 valence electrons. The standard InChI is InChI=1S/C24H30N4O2S/c1-6-17-16-25-22(27(5)21(17)29)28-13-11-24(12-14-28)15-18-9-7-8-10-19(18)20(24)26-31(30)23(2,3)4/h1,7-10,16,20,26H,11-15H2,2-5H3/t20-,31?/m1/s1. The van der Waals surface area contributed by atoms with E-state index in [0.29, 0.717) is 5.95 Å². The molecule has 0 radical (unpaired) electrons. The lowest BCUT2D eigenvalue weighted by molar-refractivity contribution is 0.176. The highest BCUT2D eigenvalue weighted by atomic mass is 32.2. The van der Waals surface area contributed by atoms with Crippen molar-refractivity contribution in [2.45, 2.75) is 50.8 Å². The molecule has 2 atom stereocenters. The number of fused-ring (bicyclic) bond motifs is 1. The van der Waals surface area contributed by atoms with Crippen LogP contribution in [0, 0.1) is 17.8 Å². The molecular formula is C24H30N4O2S. The highest BCUT2D eigenvalue weighted by molar-refractivity contribution is 7.84. The summed E-state index contributed by atoms with van der Waals surface area (Å²) in [5, 5.41) is 0. The van der Waals surface area contributed by atoms with Gasteiger partial charge in [-0.2, -0.15) is 0 Å². The molecule has 7 heteroatoms. The molecule has 0 bridgehead atoms. The van der Waals surface area contributed by atoms with E-state index in [1.807, 2.05) is 20.8 Å². The Kier molecular flexibility index (Phi) is 5.57. The van der Waals surface area contributed by atoms with E-state index < -0.39 is 11.0 Å². The average Bonchev–Trinajstić information content (AvgIpc) is 3.03. The minimum atomic E-state index is -1.16. The average molecular weight is 439 g/mol. The minimum Gasteiger partial charge on any atom is -0.342 e. The van der Waals surface area contributed by atoms with E-state index >= 15 is 0 Å². The molecule has 1 aliphatic carbocycles. The van der Waals surface area contributed by atoms with Crippen LogP contribution >= 0.6 is 0 Å². The van der Waals surface area contributed by atoms with Crippen LogP contribution in [0.3, 0.4) is 0 Å². The topological polar surface area (TPSA) is 67.2 Å². The number of hydrogen-bond acceptors (Lipinski definition) is 4. The van der Waals surface area contributed by atoms with E-state index in [1.165, 1.54) is 17.3 Å². The minimum absolute atomic E-state index is 0.00127. The summed E-state index contributed by atoms with van der Waals surface area (Å²) in [4.78, 5) is 19.1. The van der Waals surface area contributed by atoms with E-state index in [9.17, 15) is 9.00 Å². The molecule has 1 saturated heterocycles. The van der Waals surface area contributed by atoms with Crippen molar-refractivity contribution in [2.75, 3.05) is 18.0 Å². The SMILES string of the molecule is C#Cc1cnc(N2CCC3(CC2)Cc2ccccc2[C@H]3NS(=O)C(C)(C)C)n(C)c1=O. The molecule has 31 heavy (non-hydrogen) atoms. The maximum atomic E-state index is 13.0. The van der Waals surface area contributed by atoms with Crippen molar-refractivity contribution in [1.82, 2.24) is 14.3 Å². The lowest BCUT2D eigenvalue weighted by Gasteiger charge is -2.44. The van der Waals surface area contributed by atoms with Gasteiger partial charge in [0.1, 0.15) is 5.56 Å². The molecule has 1 aromatic carbocycles. The second-order valence-corrected chi connectivity index (χ2v) is 11.6. The third-order valence-corrected chi connectivity index (χ3v) is 8.21. The van der Waals surface area contributed by atoms with Gasteiger partial charge in [-0.05, 0) is 56.6 Å². The molecule has 0 saturated carbocycles. The molecule has 1 N–H and O–H groups in total. The normalized spacial score (nSPS) is 21.0. The summed E-state index contributed by atoms with van der Waals surface area (Å²) in [6, 6.07) is 8.55. The maximum Gasteiger partial charge on any atom is 0.270 e. The summed E-state index contributed by atoms with van der Waals surface area (Å²) in [5.74, 6) is 3.05. The lowest BCUT2D eigenvalue weighted by atomic mass is 9.73. The number of anilines is 1. The predicted molar refractivity (Wildman–Crippen MR) is 125 cm³/mol. The van der Waals surface area contributed by atoms with Gasteiger partial charge in [-0.3, -0.25) is 9.36 Å². The zero-order valence-corrected chi connectivity index (χ0v) is 19.5. The molecule has 4 rings (SSSR count). The van der Waals surface area contributed by atoms with E-state index in [4.69, 9.17) is 6.42 Å². The Bertz CT molecular complexity index is 1120. The number of nitrogens with zero attached hydrogens (tertiary/aromatic N) is 3. The Morgan fingerprint density at radius 3 is 2.58 bits per heavy atom. The Labute approximate surface area is 186 Å². The smallest absolute Gasteiger partial charge is 0.270 e. The van der Waals surface area contributed by atoms with E-state index in [2.05, 4.69) is 44.8 Å². The molecular weight excluding hydrogens is 408 g/mol. The fourth-order valence-electron chi connectivity index (χ4n) is 4.81. The van der Waals surface area contributed by atoms with Crippen LogP contribution < -0.4 is 15.2 Å². The van der Waals surface area contributed by atoms with Crippen molar-refractivity contribution in [3.63, 3.8) is 0 Å². The maximum absolute atomic E-state index is 13.0. The highest BCUT2D eigenvalue weighted by Crippen LogP contribution is 2.52. The van der Waals surface area contributed by atoms with Crippen LogP contribution in [0.1, 0.15) is 56.3 Å². The van der Waals surface area contributed by atoms with Gasteiger partial charge < -0.3 is 4.90 Å². The molecule has 2 heterocycles. The molecule has 2 aliphatic rings. The van der Waals surface area contributed by atoms with Gasteiger partial charge >= 0.3 is 0 Å². The van der Waals surface area contributed by atoms with Crippen LogP contribution in [-0.4, -0.2) is 31.6 Å². The quantitative estimate of drug-likeness (QED) is 0.749. The number of hydrogen-bond donors (Lipinski definition) is 1. The van der Waals surface area contributed by atoms with Crippen LogP contribution in [0.4, 0.5) is 5.95 Å². The Hall–Kier alpha value is -2.43. The molecule has 2 aromatic rings. The van der Waals surface area contributed by atoms with Crippen LogP contribution in [0.15, 0.2) is 35.3 Å². The van der Waals surface area contributed by atoms with Gasteiger partial charge in [0.2, 0.25) is 5.95 Å². The molecule has 1 fully saturated rings.